The lowest BCUT2D eigenvalue weighted by Gasteiger charge is -2.19. The summed E-state index contributed by atoms with van der Waals surface area (Å²) in [5, 5.41) is 0. The lowest BCUT2D eigenvalue weighted by atomic mass is 10.0. The van der Waals surface area contributed by atoms with Crippen molar-refractivity contribution < 1.29 is 37.6 Å². The number of carbonyl (C=O) groups excluding carboxylic acids is 2. The van der Waals surface area contributed by atoms with Gasteiger partial charge in [0.1, 0.15) is 6.61 Å². The van der Waals surface area contributed by atoms with Crippen molar-refractivity contribution in [2.75, 3.05) is 19.8 Å². The number of unbranched alkanes of at least 4 members (excludes halogenated alkanes) is 20. The third-order valence-electron chi connectivity index (χ3n) is 9.16. The van der Waals surface area contributed by atoms with Crippen LogP contribution in [0, 0.1) is 0 Å². The minimum Gasteiger partial charge on any atom is -0.462 e. The first-order valence-corrected chi connectivity index (χ1v) is 23.4. The molecule has 314 valence electrons. The third-order valence-corrected chi connectivity index (χ3v) is 10.2. The molecule has 9 heteroatoms. The summed E-state index contributed by atoms with van der Waals surface area (Å²) in [5.74, 6) is -0.888. The normalized spacial score (nSPS) is 13.8. The van der Waals surface area contributed by atoms with Gasteiger partial charge in [-0.2, -0.15) is 0 Å². The summed E-state index contributed by atoms with van der Waals surface area (Å²) in [5.41, 5.74) is 0. The van der Waals surface area contributed by atoms with Crippen molar-refractivity contribution in [2.45, 2.75) is 207 Å². The fourth-order valence-corrected chi connectivity index (χ4v) is 6.75. The summed E-state index contributed by atoms with van der Waals surface area (Å²) >= 11 is 0. The van der Waals surface area contributed by atoms with Gasteiger partial charge in [-0.25, -0.2) is 4.57 Å². The maximum atomic E-state index is 12.5. The Kier molecular flexibility index (Phi) is 39.2. The molecule has 8 nitrogen and oxygen atoms in total. The molecule has 0 radical (unpaired) electrons. The molecular formula is C45H81O8P. The van der Waals surface area contributed by atoms with Gasteiger partial charge in [0.05, 0.1) is 13.2 Å². The van der Waals surface area contributed by atoms with E-state index in [0.717, 1.165) is 44.9 Å². The molecule has 2 unspecified atom stereocenters. The second-order valence-electron chi connectivity index (χ2n) is 14.3. The Balaban J connectivity index is 4.05. The van der Waals surface area contributed by atoms with Crippen molar-refractivity contribution in [3.05, 3.63) is 48.6 Å². The molecule has 0 aliphatic carbocycles. The van der Waals surface area contributed by atoms with Crippen LogP contribution < -0.4 is 0 Å². The zero-order valence-corrected chi connectivity index (χ0v) is 35.8. The molecule has 0 saturated carbocycles. The highest BCUT2D eigenvalue weighted by Gasteiger charge is 2.25. The van der Waals surface area contributed by atoms with E-state index in [4.69, 9.17) is 18.5 Å². The molecule has 54 heavy (non-hydrogen) atoms. The zero-order valence-electron chi connectivity index (χ0n) is 34.9. The van der Waals surface area contributed by atoms with Crippen molar-refractivity contribution in [2.24, 2.45) is 0 Å². The highest BCUT2D eigenvalue weighted by Crippen LogP contribution is 2.43. The van der Waals surface area contributed by atoms with Gasteiger partial charge < -0.3 is 14.4 Å². The van der Waals surface area contributed by atoms with Crippen molar-refractivity contribution in [1.82, 2.24) is 0 Å². The van der Waals surface area contributed by atoms with Gasteiger partial charge in [-0.3, -0.25) is 18.6 Å². The molecule has 0 aliphatic heterocycles. The third kappa shape index (κ3) is 39.7. The SMILES string of the molecule is CC/C=C\C/C=C\C/C=C\C/C=C\CCC(=O)OC(COC(=O)CCCCCCCCCCCCCCCCCCCCCCC)COP(=O)(O)OCC. The Labute approximate surface area is 331 Å². The maximum absolute atomic E-state index is 12.5. The summed E-state index contributed by atoms with van der Waals surface area (Å²) in [6, 6.07) is 0. The van der Waals surface area contributed by atoms with E-state index in [2.05, 4.69) is 50.3 Å². The predicted molar refractivity (Wildman–Crippen MR) is 225 cm³/mol. The first-order valence-electron chi connectivity index (χ1n) is 21.9. The number of allylic oxidation sites excluding steroid dienone is 8. The highest BCUT2D eigenvalue weighted by molar-refractivity contribution is 7.47. The van der Waals surface area contributed by atoms with Gasteiger partial charge in [-0.05, 0) is 45.4 Å². The molecule has 0 amide bonds. The Morgan fingerprint density at radius 2 is 0.944 bits per heavy atom. The van der Waals surface area contributed by atoms with Gasteiger partial charge in [0, 0.05) is 12.8 Å². The molecule has 0 aliphatic rings. The Bertz CT molecular complexity index is 1020. The number of ether oxygens (including phenoxy) is 2. The second-order valence-corrected chi connectivity index (χ2v) is 15.8. The summed E-state index contributed by atoms with van der Waals surface area (Å²) in [6.07, 6.45) is 47.7. The maximum Gasteiger partial charge on any atom is 0.472 e. The molecule has 2 atom stereocenters. The molecule has 0 rings (SSSR count). The molecular weight excluding hydrogens is 699 g/mol. The number of phosphoric ester groups is 1. The molecule has 0 aromatic heterocycles. The molecule has 0 aromatic carbocycles. The number of esters is 2. The van der Waals surface area contributed by atoms with Crippen LogP contribution in [-0.2, 0) is 32.7 Å². The van der Waals surface area contributed by atoms with Crippen LogP contribution in [0.2, 0.25) is 0 Å². The van der Waals surface area contributed by atoms with E-state index < -0.39 is 26.5 Å². The minimum atomic E-state index is -4.30. The van der Waals surface area contributed by atoms with Gasteiger partial charge in [0.15, 0.2) is 6.10 Å². The van der Waals surface area contributed by atoms with Crippen LogP contribution in [0.4, 0.5) is 0 Å². The predicted octanol–water partition coefficient (Wildman–Crippen LogP) is 13.8. The highest BCUT2D eigenvalue weighted by atomic mass is 31.2. The average molecular weight is 781 g/mol. The quantitative estimate of drug-likeness (QED) is 0.0283. The molecule has 0 bridgehead atoms. The van der Waals surface area contributed by atoms with E-state index in [1.165, 1.54) is 116 Å². The Hall–Kier alpha value is -1.99. The average Bonchev–Trinajstić information content (AvgIpc) is 3.15. The monoisotopic (exact) mass is 781 g/mol. The Morgan fingerprint density at radius 3 is 1.39 bits per heavy atom. The lowest BCUT2D eigenvalue weighted by molar-refractivity contribution is -0.161. The van der Waals surface area contributed by atoms with Gasteiger partial charge >= 0.3 is 19.8 Å². The van der Waals surface area contributed by atoms with Crippen molar-refractivity contribution in [3.63, 3.8) is 0 Å². The van der Waals surface area contributed by atoms with Crippen LogP contribution in [-0.4, -0.2) is 42.8 Å². The minimum absolute atomic E-state index is 0.0123. The molecule has 0 aromatic rings. The van der Waals surface area contributed by atoms with Gasteiger partial charge in [0.2, 0.25) is 0 Å². The van der Waals surface area contributed by atoms with Crippen LogP contribution in [0.1, 0.15) is 201 Å². The Morgan fingerprint density at radius 1 is 0.519 bits per heavy atom. The van der Waals surface area contributed by atoms with Gasteiger partial charge in [-0.15, -0.1) is 0 Å². The van der Waals surface area contributed by atoms with Crippen LogP contribution in [0.25, 0.3) is 0 Å². The number of hydrogen-bond acceptors (Lipinski definition) is 7. The fourth-order valence-electron chi connectivity index (χ4n) is 6.00. The van der Waals surface area contributed by atoms with E-state index >= 15 is 0 Å². The van der Waals surface area contributed by atoms with E-state index in [0.29, 0.717) is 6.42 Å². The topological polar surface area (TPSA) is 108 Å². The molecule has 0 fully saturated rings. The first kappa shape index (κ1) is 52.0. The summed E-state index contributed by atoms with van der Waals surface area (Å²) < 4.78 is 32.5. The number of rotatable bonds is 40. The number of carbonyl (C=O) groups is 2. The van der Waals surface area contributed by atoms with Crippen LogP contribution in [0.3, 0.4) is 0 Å². The number of phosphoric acid groups is 1. The molecule has 0 saturated heterocycles. The summed E-state index contributed by atoms with van der Waals surface area (Å²) in [4.78, 5) is 34.7. The summed E-state index contributed by atoms with van der Waals surface area (Å²) in [6.45, 7) is 5.29. The van der Waals surface area contributed by atoms with Crippen LogP contribution >= 0.6 is 7.82 Å². The van der Waals surface area contributed by atoms with E-state index in [9.17, 15) is 19.0 Å². The smallest absolute Gasteiger partial charge is 0.462 e. The summed E-state index contributed by atoms with van der Waals surface area (Å²) in [7, 11) is -4.30. The van der Waals surface area contributed by atoms with Gasteiger partial charge in [-0.1, -0.05) is 191 Å². The van der Waals surface area contributed by atoms with Crippen LogP contribution in [0.5, 0.6) is 0 Å². The van der Waals surface area contributed by atoms with Crippen molar-refractivity contribution in [1.29, 1.82) is 0 Å². The second kappa shape index (κ2) is 40.7. The largest absolute Gasteiger partial charge is 0.472 e. The van der Waals surface area contributed by atoms with E-state index in [1.54, 1.807) is 6.92 Å². The fraction of sp³-hybridized carbons (Fsp3) is 0.778. The standard InChI is InChI=1S/C45H81O8P/c1-4-7-9-11-13-15-17-19-20-21-22-23-24-25-26-28-29-31-33-35-37-39-44(46)50-41-43(42-52-54(48,49)51-6-3)53-45(47)40-38-36-34-32-30-27-18-16-14-12-10-8-5-2/h8,10,14,16,27,30,34,36,43H,4-7,9,11-13,15,17-26,28-29,31-33,35,37-42H2,1-3H3,(H,48,49)/b10-8-,16-14-,30-27-,36-34-. The molecule has 0 spiro atoms. The van der Waals surface area contributed by atoms with Crippen LogP contribution in [0.15, 0.2) is 48.6 Å². The molecule has 1 N–H and O–H groups in total. The lowest BCUT2D eigenvalue weighted by Crippen LogP contribution is -2.29. The number of hydrogen-bond donors (Lipinski definition) is 1. The van der Waals surface area contributed by atoms with Crippen molar-refractivity contribution >= 4 is 19.8 Å². The zero-order chi connectivity index (χ0) is 39.6. The van der Waals surface area contributed by atoms with E-state index in [1.807, 2.05) is 12.2 Å². The molecule has 0 heterocycles. The first-order chi connectivity index (χ1) is 26.3. The van der Waals surface area contributed by atoms with Crippen molar-refractivity contribution in [3.8, 4) is 0 Å². The van der Waals surface area contributed by atoms with E-state index in [-0.39, 0.29) is 32.0 Å². The van der Waals surface area contributed by atoms with Gasteiger partial charge in [0.25, 0.3) is 0 Å².